The van der Waals surface area contributed by atoms with Gasteiger partial charge in [0.1, 0.15) is 0 Å². The lowest BCUT2D eigenvalue weighted by atomic mass is 10.3. The lowest BCUT2D eigenvalue weighted by Gasteiger charge is -2.23. The molecule has 2 rings (SSSR count). The maximum absolute atomic E-state index is 11.7. The van der Waals surface area contributed by atoms with Crippen LogP contribution in [0, 0.1) is 0 Å². The predicted molar refractivity (Wildman–Crippen MR) is 66.9 cm³/mol. The molecule has 1 saturated carbocycles. The molecule has 0 spiro atoms. The van der Waals surface area contributed by atoms with Crippen molar-refractivity contribution in [2.24, 2.45) is 0 Å². The van der Waals surface area contributed by atoms with E-state index in [2.05, 4.69) is 5.32 Å². The average Bonchev–Trinajstić information content (AvgIpc) is 3.13. The fraction of sp³-hybridized carbons (Fsp3) is 0.462. The first kappa shape index (κ1) is 11.9. The Morgan fingerprint density at radius 2 is 2.06 bits per heavy atom. The lowest BCUT2D eigenvalue weighted by molar-refractivity contribution is -0.119. The van der Waals surface area contributed by atoms with Crippen LogP contribution in [0.5, 0.6) is 0 Å². The highest BCUT2D eigenvalue weighted by atomic mass is 16.3. The molecule has 0 radical (unpaired) electrons. The zero-order valence-electron chi connectivity index (χ0n) is 9.80. The molecule has 1 amide bonds. The van der Waals surface area contributed by atoms with Gasteiger partial charge in [-0.15, -0.1) is 0 Å². The van der Waals surface area contributed by atoms with Crippen LogP contribution in [0.25, 0.3) is 0 Å². The van der Waals surface area contributed by atoms with Crippen LogP contribution in [-0.2, 0) is 4.79 Å². The second kappa shape index (κ2) is 5.68. The molecule has 0 bridgehead atoms. The van der Waals surface area contributed by atoms with Crippen molar-refractivity contribution in [2.45, 2.75) is 18.9 Å². The minimum Gasteiger partial charge on any atom is -0.395 e. The number of anilines is 1. The first-order valence-electron chi connectivity index (χ1n) is 6.00. The zero-order chi connectivity index (χ0) is 12.1. The molecule has 0 saturated heterocycles. The third-order valence-corrected chi connectivity index (χ3v) is 2.77. The van der Waals surface area contributed by atoms with E-state index in [1.54, 1.807) is 0 Å². The van der Waals surface area contributed by atoms with Crippen LogP contribution in [0.4, 0.5) is 5.69 Å². The zero-order valence-corrected chi connectivity index (χ0v) is 9.80. The molecule has 0 aliphatic heterocycles. The summed E-state index contributed by atoms with van der Waals surface area (Å²) in [6.45, 7) is 0.828. The van der Waals surface area contributed by atoms with Crippen molar-refractivity contribution in [3.8, 4) is 0 Å². The predicted octanol–water partition coefficient (Wildman–Crippen LogP) is 0.764. The van der Waals surface area contributed by atoms with Gasteiger partial charge in [-0.25, -0.2) is 0 Å². The van der Waals surface area contributed by atoms with Gasteiger partial charge >= 0.3 is 0 Å². The van der Waals surface area contributed by atoms with Gasteiger partial charge in [0.25, 0.3) is 0 Å². The summed E-state index contributed by atoms with van der Waals surface area (Å²) in [5.74, 6) is 0.0322. The molecule has 1 aromatic carbocycles. The summed E-state index contributed by atoms with van der Waals surface area (Å²) in [4.78, 5) is 13.6. The van der Waals surface area contributed by atoms with Crippen molar-refractivity contribution in [1.29, 1.82) is 0 Å². The number of nitrogens with zero attached hydrogens (tertiary/aromatic N) is 1. The van der Waals surface area contributed by atoms with Crippen molar-refractivity contribution in [2.75, 3.05) is 24.6 Å². The molecule has 0 unspecified atom stereocenters. The molecular formula is C13H18N2O2. The fourth-order valence-electron chi connectivity index (χ4n) is 1.73. The number of nitrogens with one attached hydrogen (secondary N) is 1. The monoisotopic (exact) mass is 234 g/mol. The van der Waals surface area contributed by atoms with Crippen LogP contribution in [-0.4, -0.2) is 36.8 Å². The second-order valence-electron chi connectivity index (χ2n) is 4.32. The van der Waals surface area contributed by atoms with E-state index in [0.29, 0.717) is 19.1 Å². The Bertz CT molecular complexity index is 363. The highest BCUT2D eigenvalue weighted by Crippen LogP contribution is 2.19. The first-order valence-corrected chi connectivity index (χ1v) is 6.00. The van der Waals surface area contributed by atoms with E-state index in [9.17, 15) is 4.79 Å². The Morgan fingerprint density at radius 1 is 1.35 bits per heavy atom. The number of hydrogen-bond donors (Lipinski definition) is 2. The van der Waals surface area contributed by atoms with Crippen LogP contribution in [0.15, 0.2) is 30.3 Å². The number of benzene rings is 1. The third-order valence-electron chi connectivity index (χ3n) is 2.77. The van der Waals surface area contributed by atoms with Gasteiger partial charge in [-0.05, 0) is 25.0 Å². The molecule has 4 heteroatoms. The summed E-state index contributed by atoms with van der Waals surface area (Å²) in [5.41, 5.74) is 0.965. The molecule has 4 nitrogen and oxygen atoms in total. The second-order valence-corrected chi connectivity index (χ2v) is 4.32. The van der Waals surface area contributed by atoms with Crippen LogP contribution in [0.3, 0.4) is 0 Å². The minimum atomic E-state index is 0.0322. The molecule has 1 aliphatic rings. The molecule has 92 valence electrons. The van der Waals surface area contributed by atoms with E-state index in [1.165, 1.54) is 0 Å². The van der Waals surface area contributed by atoms with Crippen molar-refractivity contribution >= 4 is 11.6 Å². The van der Waals surface area contributed by atoms with Gasteiger partial charge < -0.3 is 15.3 Å². The number of hydrogen-bond acceptors (Lipinski definition) is 3. The van der Waals surface area contributed by atoms with Crippen molar-refractivity contribution in [1.82, 2.24) is 5.32 Å². The van der Waals surface area contributed by atoms with E-state index in [4.69, 9.17) is 5.11 Å². The number of aliphatic hydroxyl groups excluding tert-OH is 1. The number of para-hydroxylation sites is 1. The van der Waals surface area contributed by atoms with Crippen molar-refractivity contribution < 1.29 is 9.90 Å². The van der Waals surface area contributed by atoms with Crippen LogP contribution >= 0.6 is 0 Å². The normalized spacial score (nSPS) is 14.4. The fourth-order valence-corrected chi connectivity index (χ4v) is 1.73. The Labute approximate surface area is 101 Å². The molecule has 1 fully saturated rings. The van der Waals surface area contributed by atoms with Crippen molar-refractivity contribution in [3.63, 3.8) is 0 Å². The van der Waals surface area contributed by atoms with Gasteiger partial charge in [-0.2, -0.15) is 0 Å². The van der Waals surface area contributed by atoms with E-state index in [-0.39, 0.29) is 12.5 Å². The number of rotatable bonds is 6. The Hall–Kier alpha value is -1.55. The Morgan fingerprint density at radius 3 is 2.65 bits per heavy atom. The molecule has 0 atom stereocenters. The number of carbonyl (C=O) groups is 1. The molecule has 0 heterocycles. The van der Waals surface area contributed by atoms with E-state index < -0.39 is 0 Å². The van der Waals surface area contributed by atoms with Crippen LogP contribution in [0.1, 0.15) is 12.8 Å². The van der Waals surface area contributed by atoms with Gasteiger partial charge in [0.15, 0.2) is 0 Å². The summed E-state index contributed by atoms with van der Waals surface area (Å²) in [7, 11) is 0. The van der Waals surface area contributed by atoms with Gasteiger partial charge in [-0.1, -0.05) is 18.2 Å². The third kappa shape index (κ3) is 3.75. The van der Waals surface area contributed by atoms with Gasteiger partial charge in [0.2, 0.25) is 5.91 Å². The highest BCUT2D eigenvalue weighted by molar-refractivity contribution is 5.81. The first-order chi connectivity index (χ1) is 8.29. The summed E-state index contributed by atoms with van der Waals surface area (Å²) < 4.78 is 0. The SMILES string of the molecule is O=C(CN(CCO)c1ccccc1)NC1CC1. The molecule has 0 aromatic heterocycles. The Kier molecular flexibility index (Phi) is 3.98. The number of aliphatic hydroxyl groups is 1. The van der Waals surface area contributed by atoms with Gasteiger partial charge in [-0.3, -0.25) is 4.79 Å². The summed E-state index contributed by atoms with van der Waals surface area (Å²) in [6, 6.07) is 10.1. The Balaban J connectivity index is 1.94. The smallest absolute Gasteiger partial charge is 0.239 e. The summed E-state index contributed by atoms with van der Waals surface area (Å²) >= 11 is 0. The number of amides is 1. The largest absolute Gasteiger partial charge is 0.395 e. The minimum absolute atomic E-state index is 0.0322. The average molecular weight is 234 g/mol. The lowest BCUT2D eigenvalue weighted by Crippen LogP contribution is -2.39. The summed E-state index contributed by atoms with van der Waals surface area (Å²) in [6.07, 6.45) is 2.19. The van der Waals surface area contributed by atoms with Crippen LogP contribution in [0.2, 0.25) is 0 Å². The molecular weight excluding hydrogens is 216 g/mol. The van der Waals surface area contributed by atoms with Crippen LogP contribution < -0.4 is 10.2 Å². The van der Waals surface area contributed by atoms with E-state index in [1.807, 2.05) is 35.2 Å². The maximum atomic E-state index is 11.7. The quantitative estimate of drug-likeness (QED) is 0.764. The van der Waals surface area contributed by atoms with Gasteiger partial charge in [0.05, 0.1) is 13.2 Å². The molecule has 1 aliphatic carbocycles. The molecule has 1 aromatic rings. The standard InChI is InChI=1S/C13H18N2O2/c16-9-8-15(12-4-2-1-3-5-12)10-13(17)14-11-6-7-11/h1-5,11,16H,6-10H2,(H,14,17). The van der Waals surface area contributed by atoms with E-state index >= 15 is 0 Å². The maximum Gasteiger partial charge on any atom is 0.239 e. The topological polar surface area (TPSA) is 52.6 Å². The summed E-state index contributed by atoms with van der Waals surface area (Å²) in [5, 5.41) is 12.0. The molecule has 2 N–H and O–H groups in total. The van der Waals surface area contributed by atoms with Gasteiger partial charge in [0, 0.05) is 18.3 Å². The molecule has 17 heavy (non-hydrogen) atoms. The van der Waals surface area contributed by atoms with Crippen molar-refractivity contribution in [3.05, 3.63) is 30.3 Å². The number of carbonyl (C=O) groups excluding carboxylic acids is 1. The van der Waals surface area contributed by atoms with E-state index in [0.717, 1.165) is 18.5 Å². The highest BCUT2D eigenvalue weighted by Gasteiger charge is 2.23.